The van der Waals surface area contributed by atoms with E-state index in [1.807, 2.05) is 29.2 Å². The molecular weight excluding hydrogens is 366 g/mol. The second-order valence-corrected chi connectivity index (χ2v) is 7.82. The van der Waals surface area contributed by atoms with E-state index in [1.165, 1.54) is 5.56 Å². The summed E-state index contributed by atoms with van der Waals surface area (Å²) < 4.78 is 0. The quantitative estimate of drug-likeness (QED) is 0.743. The summed E-state index contributed by atoms with van der Waals surface area (Å²) in [5, 5.41) is 8.87. The summed E-state index contributed by atoms with van der Waals surface area (Å²) in [5.41, 5.74) is 3.17. The van der Waals surface area contributed by atoms with Gasteiger partial charge in [0.05, 0.1) is 5.69 Å². The molecule has 2 aliphatic heterocycles. The minimum absolute atomic E-state index is 0.0632. The second kappa shape index (κ2) is 8.59. The maximum absolute atomic E-state index is 12.8. The number of carbonyl (C=O) groups is 2. The van der Waals surface area contributed by atoms with Crippen molar-refractivity contribution in [3.63, 3.8) is 0 Å². The van der Waals surface area contributed by atoms with E-state index >= 15 is 0 Å². The average molecular weight is 393 g/mol. The van der Waals surface area contributed by atoms with E-state index in [0.29, 0.717) is 26.2 Å². The standard InChI is InChI=1S/C22H27N5O2/c1-17-4-2-3-5-19(17)20-6-7-21(24-23-20)26-10-8-18(9-11-26)22(29)27-14-12-25(16-28)13-15-27/h2-7,16,18H,8-15H2,1H3. The first kappa shape index (κ1) is 19.4. The summed E-state index contributed by atoms with van der Waals surface area (Å²) in [7, 11) is 0. The highest BCUT2D eigenvalue weighted by Gasteiger charge is 2.30. The Balaban J connectivity index is 1.33. The molecule has 152 valence electrons. The number of hydrogen-bond acceptors (Lipinski definition) is 5. The maximum Gasteiger partial charge on any atom is 0.225 e. The lowest BCUT2D eigenvalue weighted by molar-refractivity contribution is -0.139. The van der Waals surface area contributed by atoms with Gasteiger partial charge >= 0.3 is 0 Å². The molecule has 29 heavy (non-hydrogen) atoms. The molecule has 1 aromatic carbocycles. The smallest absolute Gasteiger partial charge is 0.225 e. The van der Waals surface area contributed by atoms with Crippen LogP contribution in [0.3, 0.4) is 0 Å². The molecule has 2 saturated heterocycles. The largest absolute Gasteiger partial charge is 0.355 e. The Morgan fingerprint density at radius 1 is 0.966 bits per heavy atom. The van der Waals surface area contributed by atoms with Crippen LogP contribution in [0.15, 0.2) is 36.4 Å². The summed E-state index contributed by atoms with van der Waals surface area (Å²) in [4.78, 5) is 29.5. The molecule has 0 radical (unpaired) electrons. The van der Waals surface area contributed by atoms with Gasteiger partial charge in [-0.3, -0.25) is 9.59 Å². The molecule has 0 bridgehead atoms. The van der Waals surface area contributed by atoms with Crippen molar-refractivity contribution >= 4 is 18.1 Å². The summed E-state index contributed by atoms with van der Waals surface area (Å²) in [6, 6.07) is 12.2. The number of hydrogen-bond donors (Lipinski definition) is 0. The molecule has 2 aromatic rings. The lowest BCUT2D eigenvalue weighted by Gasteiger charge is -2.37. The zero-order valence-corrected chi connectivity index (χ0v) is 16.8. The fourth-order valence-electron chi connectivity index (χ4n) is 4.16. The van der Waals surface area contributed by atoms with Crippen LogP contribution in [0.25, 0.3) is 11.3 Å². The minimum atomic E-state index is 0.0632. The fraction of sp³-hybridized carbons (Fsp3) is 0.455. The van der Waals surface area contributed by atoms with Crippen molar-refractivity contribution < 1.29 is 9.59 Å². The third-order valence-electron chi connectivity index (χ3n) is 6.01. The highest BCUT2D eigenvalue weighted by atomic mass is 16.2. The van der Waals surface area contributed by atoms with Gasteiger partial charge < -0.3 is 14.7 Å². The SMILES string of the molecule is Cc1ccccc1-c1ccc(N2CCC(C(=O)N3CCN(C=O)CC3)CC2)nn1. The van der Waals surface area contributed by atoms with Crippen molar-refractivity contribution in [1.82, 2.24) is 20.0 Å². The first-order chi connectivity index (χ1) is 14.2. The van der Waals surface area contributed by atoms with Gasteiger partial charge in [-0.25, -0.2) is 0 Å². The van der Waals surface area contributed by atoms with Crippen molar-refractivity contribution in [3.05, 3.63) is 42.0 Å². The molecular formula is C22H27N5O2. The third-order valence-corrected chi connectivity index (χ3v) is 6.01. The monoisotopic (exact) mass is 393 g/mol. The zero-order chi connectivity index (χ0) is 20.2. The molecule has 7 heteroatoms. The molecule has 0 atom stereocenters. The molecule has 0 aliphatic carbocycles. The lowest BCUT2D eigenvalue weighted by Crippen LogP contribution is -2.51. The van der Waals surface area contributed by atoms with Gasteiger partial charge in [0.2, 0.25) is 12.3 Å². The molecule has 2 amide bonds. The van der Waals surface area contributed by atoms with E-state index in [4.69, 9.17) is 0 Å². The molecule has 0 spiro atoms. The maximum atomic E-state index is 12.8. The lowest BCUT2D eigenvalue weighted by atomic mass is 9.95. The number of benzene rings is 1. The topological polar surface area (TPSA) is 69.6 Å². The number of nitrogens with zero attached hydrogens (tertiary/aromatic N) is 5. The minimum Gasteiger partial charge on any atom is -0.355 e. The first-order valence-corrected chi connectivity index (χ1v) is 10.3. The molecule has 2 aliphatic rings. The Kier molecular flexibility index (Phi) is 5.74. The summed E-state index contributed by atoms with van der Waals surface area (Å²) >= 11 is 0. The Bertz CT molecular complexity index is 854. The van der Waals surface area contributed by atoms with Crippen LogP contribution in [0.2, 0.25) is 0 Å². The summed E-state index contributed by atoms with van der Waals surface area (Å²) in [6.45, 7) is 6.25. The normalized spacial score (nSPS) is 18.0. The molecule has 0 saturated carbocycles. The molecule has 3 heterocycles. The van der Waals surface area contributed by atoms with Crippen LogP contribution in [0, 0.1) is 12.8 Å². The third kappa shape index (κ3) is 4.23. The summed E-state index contributed by atoms with van der Waals surface area (Å²) in [6.07, 6.45) is 2.52. The summed E-state index contributed by atoms with van der Waals surface area (Å²) in [5.74, 6) is 1.16. The first-order valence-electron chi connectivity index (χ1n) is 10.3. The van der Waals surface area contributed by atoms with E-state index < -0.39 is 0 Å². The van der Waals surface area contributed by atoms with Crippen LogP contribution >= 0.6 is 0 Å². The number of anilines is 1. The van der Waals surface area contributed by atoms with Gasteiger partial charge in [0.1, 0.15) is 0 Å². The van der Waals surface area contributed by atoms with Crippen LogP contribution in [0.5, 0.6) is 0 Å². The van der Waals surface area contributed by atoms with Crippen LogP contribution in [0.1, 0.15) is 18.4 Å². The number of aromatic nitrogens is 2. The molecule has 4 rings (SSSR count). The number of amides is 2. The van der Waals surface area contributed by atoms with Crippen LogP contribution < -0.4 is 4.90 Å². The predicted molar refractivity (Wildman–Crippen MR) is 111 cm³/mol. The van der Waals surface area contributed by atoms with E-state index in [9.17, 15) is 9.59 Å². The fourth-order valence-corrected chi connectivity index (χ4v) is 4.16. The van der Waals surface area contributed by atoms with Crippen molar-refractivity contribution in [2.24, 2.45) is 5.92 Å². The van der Waals surface area contributed by atoms with Crippen molar-refractivity contribution in [1.29, 1.82) is 0 Å². The van der Waals surface area contributed by atoms with E-state index in [2.05, 4.69) is 34.2 Å². The van der Waals surface area contributed by atoms with E-state index in [0.717, 1.165) is 49.4 Å². The predicted octanol–water partition coefficient (Wildman–Crippen LogP) is 1.97. The zero-order valence-electron chi connectivity index (χ0n) is 16.8. The van der Waals surface area contributed by atoms with Crippen LogP contribution in [0.4, 0.5) is 5.82 Å². The van der Waals surface area contributed by atoms with Gasteiger partial charge in [0.25, 0.3) is 0 Å². The molecule has 1 aromatic heterocycles. The number of aryl methyl sites for hydroxylation is 1. The van der Waals surface area contributed by atoms with Crippen molar-refractivity contribution in [3.8, 4) is 11.3 Å². The van der Waals surface area contributed by atoms with Crippen LogP contribution in [-0.4, -0.2) is 71.6 Å². The molecule has 0 N–H and O–H groups in total. The van der Waals surface area contributed by atoms with Gasteiger partial charge in [0.15, 0.2) is 5.82 Å². The number of rotatable bonds is 4. The molecule has 7 nitrogen and oxygen atoms in total. The Morgan fingerprint density at radius 3 is 2.31 bits per heavy atom. The van der Waals surface area contributed by atoms with Crippen LogP contribution in [-0.2, 0) is 9.59 Å². The Hall–Kier alpha value is -2.96. The molecule has 2 fully saturated rings. The van der Waals surface area contributed by atoms with Gasteiger partial charge in [-0.1, -0.05) is 24.3 Å². The highest BCUT2D eigenvalue weighted by molar-refractivity contribution is 5.79. The average Bonchev–Trinajstić information content (AvgIpc) is 2.79. The number of piperazine rings is 1. The highest BCUT2D eigenvalue weighted by Crippen LogP contribution is 2.26. The Morgan fingerprint density at radius 2 is 1.69 bits per heavy atom. The molecule has 0 unspecified atom stereocenters. The second-order valence-electron chi connectivity index (χ2n) is 7.82. The van der Waals surface area contributed by atoms with Gasteiger partial charge in [-0.2, -0.15) is 0 Å². The van der Waals surface area contributed by atoms with Gasteiger partial charge in [0, 0.05) is 50.7 Å². The van der Waals surface area contributed by atoms with Gasteiger partial charge in [-0.05, 0) is 37.5 Å². The van der Waals surface area contributed by atoms with Crippen molar-refractivity contribution in [2.75, 3.05) is 44.2 Å². The Labute approximate surface area is 171 Å². The van der Waals surface area contributed by atoms with E-state index in [-0.39, 0.29) is 11.8 Å². The van der Waals surface area contributed by atoms with Gasteiger partial charge in [-0.15, -0.1) is 10.2 Å². The van der Waals surface area contributed by atoms with E-state index in [1.54, 1.807) is 4.90 Å². The van der Waals surface area contributed by atoms with Crippen molar-refractivity contribution in [2.45, 2.75) is 19.8 Å². The number of piperidine rings is 1. The number of carbonyl (C=O) groups excluding carboxylic acids is 2.